The minimum Gasteiger partial charge on any atom is -0.502 e. The Labute approximate surface area is 117 Å². The van der Waals surface area contributed by atoms with E-state index in [0.29, 0.717) is 6.07 Å². The molecule has 21 heavy (non-hydrogen) atoms. The predicted molar refractivity (Wildman–Crippen MR) is 68.0 cm³/mol. The van der Waals surface area contributed by atoms with E-state index in [4.69, 9.17) is 4.42 Å². The Kier molecular flexibility index (Phi) is 3.97. The molecule has 8 heteroatoms. The number of benzene rings is 1. The van der Waals surface area contributed by atoms with Crippen LogP contribution < -0.4 is 5.32 Å². The highest BCUT2D eigenvalue weighted by Crippen LogP contribution is 2.45. The first-order valence-electron chi connectivity index (χ1n) is 5.87. The van der Waals surface area contributed by atoms with Crippen molar-refractivity contribution >= 4 is 12.0 Å². The van der Waals surface area contributed by atoms with Gasteiger partial charge in [-0.05, 0) is 19.1 Å². The van der Waals surface area contributed by atoms with E-state index in [-0.39, 0.29) is 12.2 Å². The van der Waals surface area contributed by atoms with E-state index in [9.17, 15) is 23.8 Å². The Hall–Kier alpha value is -2.77. The van der Waals surface area contributed by atoms with Crippen LogP contribution in [0.2, 0.25) is 0 Å². The first kappa shape index (κ1) is 14.6. The summed E-state index contributed by atoms with van der Waals surface area (Å²) in [4.78, 5) is 11.2. The van der Waals surface area contributed by atoms with Crippen molar-refractivity contribution in [1.82, 2.24) is 0 Å². The first-order chi connectivity index (χ1) is 9.92. The van der Waals surface area contributed by atoms with E-state index in [0.717, 1.165) is 12.1 Å². The zero-order valence-electron chi connectivity index (χ0n) is 10.8. The van der Waals surface area contributed by atoms with Crippen LogP contribution in [0.15, 0.2) is 22.6 Å². The molecule has 112 valence electrons. The molecule has 3 N–H and O–H groups in total. The summed E-state index contributed by atoms with van der Waals surface area (Å²) in [5.74, 6) is -4.20. The summed E-state index contributed by atoms with van der Waals surface area (Å²) >= 11 is 0. The van der Waals surface area contributed by atoms with Gasteiger partial charge in [-0.2, -0.15) is 0 Å². The standard InChI is InChI=1S/C13H11F2NO5/c1-2-20-13(19)16-12-10(18)9(17)11(21-12)6-3-7(14)5-8(15)4-6/h3-5,17-18H,2H2,1H3,(H,16,19). The lowest BCUT2D eigenvalue weighted by atomic mass is 10.1. The normalized spacial score (nSPS) is 10.4. The van der Waals surface area contributed by atoms with E-state index in [1.807, 2.05) is 5.32 Å². The smallest absolute Gasteiger partial charge is 0.414 e. The molecule has 0 radical (unpaired) electrons. The molecule has 6 nitrogen and oxygen atoms in total. The highest BCUT2D eigenvalue weighted by atomic mass is 19.1. The van der Waals surface area contributed by atoms with Gasteiger partial charge in [-0.3, -0.25) is 5.32 Å². The summed E-state index contributed by atoms with van der Waals surface area (Å²) < 4.78 is 35.9. The van der Waals surface area contributed by atoms with Gasteiger partial charge in [0.2, 0.25) is 17.4 Å². The second kappa shape index (κ2) is 5.70. The second-order valence-electron chi connectivity index (χ2n) is 3.96. The number of nitrogens with one attached hydrogen (secondary N) is 1. The van der Waals surface area contributed by atoms with Gasteiger partial charge >= 0.3 is 6.09 Å². The lowest BCUT2D eigenvalue weighted by molar-refractivity contribution is 0.167. The number of anilines is 1. The maximum absolute atomic E-state index is 13.1. The Morgan fingerprint density at radius 2 is 1.86 bits per heavy atom. The molecule has 1 aromatic heterocycles. The summed E-state index contributed by atoms with van der Waals surface area (Å²) in [7, 11) is 0. The van der Waals surface area contributed by atoms with Crippen molar-refractivity contribution in [3.05, 3.63) is 29.8 Å². The minimum atomic E-state index is -0.918. The summed E-state index contributed by atoms with van der Waals surface area (Å²) in [6.07, 6.45) is -0.918. The molecule has 0 aliphatic rings. The Morgan fingerprint density at radius 3 is 2.43 bits per heavy atom. The van der Waals surface area contributed by atoms with E-state index in [1.165, 1.54) is 0 Å². The van der Waals surface area contributed by atoms with Gasteiger partial charge in [0.25, 0.3) is 0 Å². The van der Waals surface area contributed by atoms with Gasteiger partial charge in [0.1, 0.15) is 11.6 Å². The summed E-state index contributed by atoms with van der Waals surface area (Å²) in [5.41, 5.74) is -0.141. The molecular formula is C13H11F2NO5. The number of furan rings is 1. The van der Waals surface area contributed by atoms with Crippen molar-refractivity contribution in [3.63, 3.8) is 0 Å². The molecule has 0 saturated heterocycles. The molecule has 0 aliphatic heterocycles. The summed E-state index contributed by atoms with van der Waals surface area (Å²) in [6, 6.07) is 2.44. The molecule has 1 amide bonds. The highest BCUT2D eigenvalue weighted by molar-refractivity contribution is 5.87. The van der Waals surface area contributed by atoms with Gasteiger partial charge in [-0.15, -0.1) is 0 Å². The van der Waals surface area contributed by atoms with Gasteiger partial charge in [0, 0.05) is 11.6 Å². The molecule has 0 bridgehead atoms. The second-order valence-corrected chi connectivity index (χ2v) is 3.96. The van der Waals surface area contributed by atoms with E-state index < -0.39 is 40.9 Å². The van der Waals surface area contributed by atoms with Crippen LogP contribution in [-0.4, -0.2) is 22.9 Å². The number of carbonyl (C=O) groups is 1. The number of hydrogen-bond donors (Lipinski definition) is 3. The third-order valence-electron chi connectivity index (χ3n) is 2.47. The molecule has 0 saturated carbocycles. The third-order valence-corrected chi connectivity index (χ3v) is 2.47. The van der Waals surface area contributed by atoms with Crippen molar-refractivity contribution in [2.24, 2.45) is 0 Å². The van der Waals surface area contributed by atoms with E-state index in [2.05, 4.69) is 4.74 Å². The van der Waals surface area contributed by atoms with Gasteiger partial charge < -0.3 is 19.4 Å². The SMILES string of the molecule is CCOC(=O)Nc1oc(-c2cc(F)cc(F)c2)c(O)c1O. The topological polar surface area (TPSA) is 91.9 Å². The molecule has 1 aromatic carbocycles. The average molecular weight is 299 g/mol. The maximum atomic E-state index is 13.1. The first-order valence-corrected chi connectivity index (χ1v) is 5.87. The fourth-order valence-corrected chi connectivity index (χ4v) is 1.64. The largest absolute Gasteiger partial charge is 0.502 e. The van der Waals surface area contributed by atoms with Gasteiger partial charge in [0.05, 0.1) is 6.61 Å². The predicted octanol–water partition coefficient (Wildman–Crippen LogP) is 3.20. The zero-order valence-corrected chi connectivity index (χ0v) is 10.8. The molecule has 0 aliphatic carbocycles. The van der Waals surface area contributed by atoms with Crippen molar-refractivity contribution in [3.8, 4) is 22.8 Å². The fraction of sp³-hybridized carbons (Fsp3) is 0.154. The van der Waals surface area contributed by atoms with Crippen LogP contribution in [0.5, 0.6) is 11.5 Å². The average Bonchev–Trinajstić information content (AvgIpc) is 2.66. The van der Waals surface area contributed by atoms with Gasteiger partial charge in [-0.25, -0.2) is 13.6 Å². The summed E-state index contributed by atoms with van der Waals surface area (Å²) in [6.45, 7) is 1.65. The summed E-state index contributed by atoms with van der Waals surface area (Å²) in [5, 5.41) is 21.4. The van der Waals surface area contributed by atoms with Crippen LogP contribution in [-0.2, 0) is 4.74 Å². The molecule has 2 rings (SSSR count). The third kappa shape index (κ3) is 3.04. The lowest BCUT2D eigenvalue weighted by Gasteiger charge is -2.01. The number of hydrogen-bond acceptors (Lipinski definition) is 5. The number of carbonyl (C=O) groups excluding carboxylic acids is 1. The van der Waals surface area contributed by atoms with Crippen LogP contribution in [0.1, 0.15) is 6.92 Å². The highest BCUT2D eigenvalue weighted by Gasteiger charge is 2.23. The Bertz CT molecular complexity index is 663. The van der Waals surface area contributed by atoms with Crippen molar-refractivity contribution in [2.45, 2.75) is 6.92 Å². The Balaban J connectivity index is 2.39. The van der Waals surface area contributed by atoms with Crippen LogP contribution in [0, 0.1) is 11.6 Å². The van der Waals surface area contributed by atoms with Crippen molar-refractivity contribution < 1.29 is 32.9 Å². The van der Waals surface area contributed by atoms with Crippen LogP contribution in [0.4, 0.5) is 19.5 Å². The molecule has 0 fully saturated rings. The van der Waals surface area contributed by atoms with E-state index >= 15 is 0 Å². The lowest BCUT2D eigenvalue weighted by Crippen LogP contribution is -2.12. The number of rotatable bonds is 3. The zero-order chi connectivity index (χ0) is 15.6. The van der Waals surface area contributed by atoms with E-state index in [1.54, 1.807) is 6.92 Å². The number of aromatic hydroxyl groups is 2. The molecule has 2 aromatic rings. The number of ether oxygens (including phenoxy) is 1. The molecule has 0 spiro atoms. The number of amides is 1. The van der Waals surface area contributed by atoms with Crippen LogP contribution in [0.3, 0.4) is 0 Å². The number of halogens is 2. The quantitative estimate of drug-likeness (QED) is 0.809. The van der Waals surface area contributed by atoms with Crippen LogP contribution in [0.25, 0.3) is 11.3 Å². The minimum absolute atomic E-state index is 0.0846. The fourth-order valence-electron chi connectivity index (χ4n) is 1.64. The molecular weight excluding hydrogens is 288 g/mol. The Morgan fingerprint density at radius 1 is 1.24 bits per heavy atom. The van der Waals surface area contributed by atoms with Gasteiger partial charge in [-0.1, -0.05) is 0 Å². The van der Waals surface area contributed by atoms with Crippen molar-refractivity contribution in [2.75, 3.05) is 11.9 Å². The van der Waals surface area contributed by atoms with Crippen molar-refractivity contribution in [1.29, 1.82) is 0 Å². The van der Waals surface area contributed by atoms with Crippen LogP contribution >= 0.6 is 0 Å². The molecule has 0 unspecified atom stereocenters. The maximum Gasteiger partial charge on any atom is 0.414 e. The molecule has 1 heterocycles. The molecule has 0 atom stereocenters. The monoisotopic (exact) mass is 299 g/mol. The van der Waals surface area contributed by atoms with Gasteiger partial charge in [0.15, 0.2) is 5.76 Å².